The normalized spacial score (nSPS) is 10.4. The molecule has 0 amide bonds. The third-order valence-electron chi connectivity index (χ3n) is 1.76. The van der Waals surface area contributed by atoms with E-state index in [1.54, 1.807) is 11.3 Å². The molecule has 0 atom stereocenters. The van der Waals surface area contributed by atoms with Crippen molar-refractivity contribution in [3.8, 4) is 0 Å². The fourth-order valence-electron chi connectivity index (χ4n) is 1.11. The molecule has 2 aromatic rings. The fourth-order valence-corrected chi connectivity index (χ4v) is 2.32. The lowest BCUT2D eigenvalue weighted by Crippen LogP contribution is -2.15. The highest BCUT2D eigenvalue weighted by Gasteiger charge is 2.07. The molecule has 0 saturated heterocycles. The van der Waals surface area contributed by atoms with E-state index in [1.807, 2.05) is 11.9 Å². The van der Waals surface area contributed by atoms with Gasteiger partial charge in [-0.3, -0.25) is 0 Å². The molecule has 2 rings (SSSR count). The van der Waals surface area contributed by atoms with Gasteiger partial charge in [0.1, 0.15) is 0 Å². The summed E-state index contributed by atoms with van der Waals surface area (Å²) < 4.78 is 3.94. The summed E-state index contributed by atoms with van der Waals surface area (Å²) in [5.41, 5.74) is 6.74. The van der Waals surface area contributed by atoms with Gasteiger partial charge in [0.15, 0.2) is 0 Å². The van der Waals surface area contributed by atoms with Crippen LogP contribution < -0.4 is 10.6 Å². The molecule has 2 N–H and O–H groups in total. The maximum Gasteiger partial charge on any atom is 0.233 e. The van der Waals surface area contributed by atoms with Crippen LogP contribution in [0.2, 0.25) is 0 Å². The molecule has 2 heterocycles. The molecule has 0 aliphatic rings. The quantitative estimate of drug-likeness (QED) is 0.867. The van der Waals surface area contributed by atoms with Gasteiger partial charge in [-0.25, -0.2) is 0 Å². The standard InChI is InChI=1S/C8H10N4S2/c1-12(4-6-2-3-13-5-6)8-10-7(9)11-14-8/h2-3,5H,4H2,1H3,(H2,9,11). The first-order chi connectivity index (χ1) is 6.75. The van der Waals surface area contributed by atoms with Crippen LogP contribution >= 0.6 is 22.9 Å². The van der Waals surface area contributed by atoms with E-state index in [9.17, 15) is 0 Å². The first-order valence-corrected chi connectivity index (χ1v) is 5.79. The van der Waals surface area contributed by atoms with Crippen molar-refractivity contribution in [3.05, 3.63) is 22.4 Å². The Hall–Kier alpha value is -1.14. The molecule has 0 bridgehead atoms. The topological polar surface area (TPSA) is 55.0 Å². The number of thiophene rings is 1. The van der Waals surface area contributed by atoms with Crippen molar-refractivity contribution in [1.29, 1.82) is 0 Å². The van der Waals surface area contributed by atoms with Gasteiger partial charge in [0, 0.05) is 25.1 Å². The minimum absolute atomic E-state index is 0.349. The van der Waals surface area contributed by atoms with Crippen LogP contribution in [0.1, 0.15) is 5.56 Å². The van der Waals surface area contributed by atoms with Crippen LogP contribution in [0, 0.1) is 0 Å². The minimum Gasteiger partial charge on any atom is -0.367 e. The number of hydrogen-bond donors (Lipinski definition) is 1. The molecular formula is C8H10N4S2. The van der Waals surface area contributed by atoms with Crippen molar-refractivity contribution in [2.45, 2.75) is 6.54 Å². The molecule has 0 radical (unpaired) electrons. The van der Waals surface area contributed by atoms with Crippen molar-refractivity contribution in [3.63, 3.8) is 0 Å². The van der Waals surface area contributed by atoms with Gasteiger partial charge in [0.05, 0.1) is 0 Å². The Morgan fingerprint density at radius 3 is 3.00 bits per heavy atom. The third-order valence-corrected chi connectivity index (χ3v) is 3.33. The third kappa shape index (κ3) is 2.02. The Morgan fingerprint density at radius 1 is 1.57 bits per heavy atom. The van der Waals surface area contributed by atoms with Crippen molar-refractivity contribution in [2.24, 2.45) is 0 Å². The second-order valence-corrected chi connectivity index (χ2v) is 4.43. The molecule has 74 valence electrons. The largest absolute Gasteiger partial charge is 0.367 e. The number of rotatable bonds is 3. The molecule has 0 aliphatic heterocycles. The average molecular weight is 226 g/mol. The summed E-state index contributed by atoms with van der Waals surface area (Å²) in [5.74, 6) is 0.349. The van der Waals surface area contributed by atoms with Gasteiger partial charge in [-0.15, -0.1) is 0 Å². The van der Waals surface area contributed by atoms with E-state index in [1.165, 1.54) is 17.1 Å². The lowest BCUT2D eigenvalue weighted by molar-refractivity contribution is 0.920. The zero-order chi connectivity index (χ0) is 9.97. The first-order valence-electron chi connectivity index (χ1n) is 4.07. The maximum absolute atomic E-state index is 5.45. The first kappa shape index (κ1) is 9.42. The second kappa shape index (κ2) is 3.93. The molecule has 6 heteroatoms. The molecule has 0 saturated carbocycles. The lowest BCUT2D eigenvalue weighted by atomic mass is 10.3. The average Bonchev–Trinajstić information content (AvgIpc) is 2.75. The summed E-state index contributed by atoms with van der Waals surface area (Å²) in [5, 5.41) is 5.05. The highest BCUT2D eigenvalue weighted by molar-refractivity contribution is 7.10. The van der Waals surface area contributed by atoms with E-state index in [0.29, 0.717) is 5.95 Å². The number of hydrogen-bond acceptors (Lipinski definition) is 6. The number of nitrogens with zero attached hydrogens (tertiary/aromatic N) is 3. The minimum atomic E-state index is 0.349. The van der Waals surface area contributed by atoms with Crippen LogP contribution in [-0.2, 0) is 6.54 Å². The van der Waals surface area contributed by atoms with Crippen LogP contribution in [0.5, 0.6) is 0 Å². The zero-order valence-corrected chi connectivity index (χ0v) is 9.31. The van der Waals surface area contributed by atoms with Crippen molar-refractivity contribution < 1.29 is 0 Å². The van der Waals surface area contributed by atoms with E-state index in [0.717, 1.165) is 11.7 Å². The lowest BCUT2D eigenvalue weighted by Gasteiger charge is -2.13. The smallest absolute Gasteiger partial charge is 0.233 e. The molecular weight excluding hydrogens is 216 g/mol. The van der Waals surface area contributed by atoms with Gasteiger partial charge in [0.2, 0.25) is 11.1 Å². The van der Waals surface area contributed by atoms with E-state index >= 15 is 0 Å². The molecule has 0 unspecified atom stereocenters. The van der Waals surface area contributed by atoms with Crippen molar-refractivity contribution in [1.82, 2.24) is 9.36 Å². The van der Waals surface area contributed by atoms with E-state index in [-0.39, 0.29) is 0 Å². The van der Waals surface area contributed by atoms with E-state index in [2.05, 4.69) is 26.2 Å². The summed E-state index contributed by atoms with van der Waals surface area (Å²) in [6.45, 7) is 0.845. The molecule has 2 aromatic heterocycles. The fraction of sp³-hybridized carbons (Fsp3) is 0.250. The second-order valence-electron chi connectivity index (χ2n) is 2.92. The maximum atomic E-state index is 5.45. The number of nitrogens with two attached hydrogens (primary N) is 1. The molecule has 0 aromatic carbocycles. The summed E-state index contributed by atoms with van der Waals surface area (Å²) >= 11 is 3.02. The van der Waals surface area contributed by atoms with Crippen LogP contribution in [0.4, 0.5) is 11.1 Å². The molecule has 0 aliphatic carbocycles. The summed E-state index contributed by atoms with van der Waals surface area (Å²) in [6, 6.07) is 2.10. The molecule has 14 heavy (non-hydrogen) atoms. The monoisotopic (exact) mass is 226 g/mol. The predicted molar refractivity (Wildman–Crippen MR) is 60.7 cm³/mol. The van der Waals surface area contributed by atoms with Crippen LogP contribution in [0.25, 0.3) is 0 Å². The van der Waals surface area contributed by atoms with Gasteiger partial charge in [-0.05, 0) is 22.4 Å². The van der Waals surface area contributed by atoms with Crippen molar-refractivity contribution in [2.75, 3.05) is 17.7 Å². The molecule has 0 fully saturated rings. The van der Waals surface area contributed by atoms with E-state index < -0.39 is 0 Å². The van der Waals surface area contributed by atoms with Gasteiger partial charge < -0.3 is 10.6 Å². The van der Waals surface area contributed by atoms with Gasteiger partial charge >= 0.3 is 0 Å². The SMILES string of the molecule is CN(Cc1ccsc1)c1nc(N)ns1. The number of nitrogen functional groups attached to an aromatic ring is 1. The van der Waals surface area contributed by atoms with Crippen LogP contribution in [0.15, 0.2) is 16.8 Å². The number of aromatic nitrogens is 2. The number of anilines is 2. The summed E-state index contributed by atoms with van der Waals surface area (Å²) in [4.78, 5) is 6.14. The Bertz CT molecular complexity index is 395. The Labute approximate surface area is 90.2 Å². The summed E-state index contributed by atoms with van der Waals surface area (Å²) in [7, 11) is 1.98. The van der Waals surface area contributed by atoms with Crippen LogP contribution in [-0.4, -0.2) is 16.4 Å². The van der Waals surface area contributed by atoms with Gasteiger partial charge in [0.25, 0.3) is 0 Å². The van der Waals surface area contributed by atoms with Crippen molar-refractivity contribution >= 4 is 33.9 Å². The van der Waals surface area contributed by atoms with Gasteiger partial charge in [-0.1, -0.05) is 0 Å². The summed E-state index contributed by atoms with van der Waals surface area (Å²) in [6.07, 6.45) is 0. The molecule has 4 nitrogen and oxygen atoms in total. The van der Waals surface area contributed by atoms with Crippen LogP contribution in [0.3, 0.4) is 0 Å². The highest BCUT2D eigenvalue weighted by Crippen LogP contribution is 2.19. The highest BCUT2D eigenvalue weighted by atomic mass is 32.1. The zero-order valence-electron chi connectivity index (χ0n) is 7.67. The Kier molecular flexibility index (Phi) is 2.64. The van der Waals surface area contributed by atoms with Gasteiger partial charge in [-0.2, -0.15) is 20.7 Å². The Balaban J connectivity index is 2.06. The van der Waals surface area contributed by atoms with E-state index in [4.69, 9.17) is 5.73 Å². The molecule has 0 spiro atoms. The Morgan fingerprint density at radius 2 is 2.43 bits per heavy atom. The predicted octanol–water partition coefficient (Wildman–Crippen LogP) is 1.82.